The molecule has 0 radical (unpaired) electrons. The SMILES string of the molecule is C=C(C(C)C)C1(C)C[C@](C)(C(=O)C(C)C)C[C@](C)(C(=O)C(C)C)C1. The molecule has 0 aliphatic heterocycles. The number of allylic oxidation sites excluding steroid dienone is 1. The molecule has 0 aromatic rings. The van der Waals surface area contributed by atoms with Crippen LogP contribution in [0.5, 0.6) is 0 Å². The molecule has 138 valence electrons. The van der Waals surface area contributed by atoms with E-state index in [9.17, 15) is 9.59 Å². The van der Waals surface area contributed by atoms with Gasteiger partial charge in [0.1, 0.15) is 11.6 Å². The second-order valence-electron chi connectivity index (χ2n) is 9.93. The van der Waals surface area contributed by atoms with E-state index in [1.54, 1.807) is 0 Å². The van der Waals surface area contributed by atoms with Gasteiger partial charge in [-0.15, -0.1) is 0 Å². The van der Waals surface area contributed by atoms with E-state index in [-0.39, 0.29) is 28.8 Å². The molecule has 0 bridgehead atoms. The lowest BCUT2D eigenvalue weighted by molar-refractivity contribution is -0.147. The predicted molar refractivity (Wildman–Crippen MR) is 102 cm³/mol. The molecule has 0 amide bonds. The first-order valence-corrected chi connectivity index (χ1v) is 9.46. The summed E-state index contributed by atoms with van der Waals surface area (Å²) in [4.78, 5) is 26.1. The molecular formula is C22H38O2. The molecule has 1 unspecified atom stereocenters. The Morgan fingerprint density at radius 1 is 0.667 bits per heavy atom. The van der Waals surface area contributed by atoms with Gasteiger partial charge in [0.2, 0.25) is 0 Å². The molecule has 1 saturated carbocycles. The number of ketones is 2. The van der Waals surface area contributed by atoms with Crippen molar-refractivity contribution in [2.24, 2.45) is 34.0 Å². The van der Waals surface area contributed by atoms with Gasteiger partial charge in [-0.25, -0.2) is 0 Å². The van der Waals surface area contributed by atoms with Crippen molar-refractivity contribution in [1.82, 2.24) is 0 Å². The molecule has 1 rings (SSSR count). The third-order valence-corrected chi connectivity index (χ3v) is 6.05. The molecule has 3 atom stereocenters. The van der Waals surface area contributed by atoms with E-state index < -0.39 is 10.8 Å². The van der Waals surface area contributed by atoms with Crippen molar-refractivity contribution < 1.29 is 9.59 Å². The molecule has 0 saturated heterocycles. The van der Waals surface area contributed by atoms with Crippen LogP contribution < -0.4 is 0 Å². The van der Waals surface area contributed by atoms with Crippen LogP contribution in [-0.4, -0.2) is 11.6 Å². The maximum Gasteiger partial charge on any atom is 0.141 e. The van der Waals surface area contributed by atoms with Crippen LogP contribution in [0.4, 0.5) is 0 Å². The maximum absolute atomic E-state index is 13.0. The highest BCUT2D eigenvalue weighted by Crippen LogP contribution is 2.59. The van der Waals surface area contributed by atoms with Crippen LogP contribution in [0, 0.1) is 34.0 Å². The first kappa shape index (κ1) is 21.1. The van der Waals surface area contributed by atoms with Gasteiger partial charge in [-0.1, -0.05) is 74.5 Å². The second-order valence-corrected chi connectivity index (χ2v) is 9.93. The maximum atomic E-state index is 13.0. The van der Waals surface area contributed by atoms with Crippen LogP contribution in [0.2, 0.25) is 0 Å². The van der Waals surface area contributed by atoms with Gasteiger partial charge in [0, 0.05) is 22.7 Å². The molecular weight excluding hydrogens is 296 g/mol. The van der Waals surface area contributed by atoms with E-state index in [0.717, 1.165) is 12.8 Å². The molecule has 24 heavy (non-hydrogen) atoms. The second kappa shape index (κ2) is 6.77. The van der Waals surface area contributed by atoms with Crippen molar-refractivity contribution >= 4 is 11.6 Å². The highest BCUT2D eigenvalue weighted by atomic mass is 16.1. The average Bonchev–Trinajstić information content (AvgIpc) is 2.42. The number of carbonyl (C=O) groups excluding carboxylic acids is 2. The van der Waals surface area contributed by atoms with Gasteiger partial charge in [-0.2, -0.15) is 0 Å². The van der Waals surface area contributed by atoms with Crippen molar-refractivity contribution in [2.75, 3.05) is 0 Å². The zero-order valence-corrected chi connectivity index (χ0v) is 17.4. The summed E-state index contributed by atoms with van der Waals surface area (Å²) in [6.07, 6.45) is 2.26. The largest absolute Gasteiger partial charge is 0.299 e. The number of hydrogen-bond acceptors (Lipinski definition) is 2. The molecule has 1 fully saturated rings. The average molecular weight is 335 g/mol. The molecule has 0 N–H and O–H groups in total. The van der Waals surface area contributed by atoms with E-state index >= 15 is 0 Å². The van der Waals surface area contributed by atoms with E-state index in [2.05, 4.69) is 41.2 Å². The smallest absolute Gasteiger partial charge is 0.141 e. The normalized spacial score (nSPS) is 34.0. The number of Topliss-reactive ketones (excluding diaryl/α,β-unsaturated/α-hetero) is 2. The summed E-state index contributed by atoms with van der Waals surface area (Å²) in [5, 5.41) is 0. The van der Waals surface area contributed by atoms with E-state index in [1.807, 2.05) is 27.7 Å². The summed E-state index contributed by atoms with van der Waals surface area (Å²) in [6, 6.07) is 0. The summed E-state index contributed by atoms with van der Waals surface area (Å²) in [7, 11) is 0. The fourth-order valence-electron chi connectivity index (χ4n) is 5.44. The quantitative estimate of drug-likeness (QED) is 0.571. The first-order chi connectivity index (χ1) is 10.7. The highest BCUT2D eigenvalue weighted by Gasteiger charge is 2.55. The van der Waals surface area contributed by atoms with E-state index in [1.165, 1.54) is 5.57 Å². The first-order valence-electron chi connectivity index (χ1n) is 9.46. The standard InChI is InChI=1S/C22H38O2/c1-14(2)17(7)20(8)11-21(9,18(23)15(3)4)13-22(10,12-20)19(24)16(5)6/h14-16H,7,11-13H2,1-6,8-10H3/t20?,21-,22+. The van der Waals surface area contributed by atoms with Gasteiger partial charge >= 0.3 is 0 Å². The molecule has 2 nitrogen and oxygen atoms in total. The Balaban J connectivity index is 3.44. The van der Waals surface area contributed by atoms with Gasteiger partial charge in [0.15, 0.2) is 0 Å². The fraction of sp³-hybridized carbons (Fsp3) is 0.818. The van der Waals surface area contributed by atoms with Crippen LogP contribution in [0.1, 0.15) is 81.6 Å². The summed E-state index contributed by atoms with van der Waals surface area (Å²) >= 11 is 0. The van der Waals surface area contributed by atoms with E-state index in [4.69, 9.17) is 0 Å². The molecule has 1 aliphatic rings. The molecule has 1 aliphatic carbocycles. The van der Waals surface area contributed by atoms with Crippen LogP contribution >= 0.6 is 0 Å². The topological polar surface area (TPSA) is 34.1 Å². The Labute approximate surface area is 149 Å². The minimum Gasteiger partial charge on any atom is -0.299 e. The van der Waals surface area contributed by atoms with Crippen LogP contribution in [0.25, 0.3) is 0 Å². The molecule has 0 aromatic carbocycles. The monoisotopic (exact) mass is 334 g/mol. The Hall–Kier alpha value is -0.920. The van der Waals surface area contributed by atoms with Crippen LogP contribution in [0.3, 0.4) is 0 Å². The van der Waals surface area contributed by atoms with Gasteiger partial charge in [0.25, 0.3) is 0 Å². The number of carbonyl (C=O) groups is 2. The lowest BCUT2D eigenvalue weighted by Gasteiger charge is -2.54. The van der Waals surface area contributed by atoms with Gasteiger partial charge in [-0.3, -0.25) is 9.59 Å². The summed E-state index contributed by atoms with van der Waals surface area (Å²) in [5.41, 5.74) is 0.0782. The Morgan fingerprint density at radius 3 is 1.21 bits per heavy atom. The van der Waals surface area contributed by atoms with Crippen molar-refractivity contribution in [1.29, 1.82) is 0 Å². The van der Waals surface area contributed by atoms with Crippen molar-refractivity contribution in [2.45, 2.75) is 81.6 Å². The molecule has 0 aromatic heterocycles. The van der Waals surface area contributed by atoms with Crippen LogP contribution in [-0.2, 0) is 9.59 Å². The summed E-state index contributed by atoms with van der Waals surface area (Å²) in [5.74, 6) is 0.900. The van der Waals surface area contributed by atoms with E-state index in [0.29, 0.717) is 12.3 Å². The summed E-state index contributed by atoms with van der Waals surface area (Å²) in [6.45, 7) is 22.9. The van der Waals surface area contributed by atoms with Crippen molar-refractivity contribution in [3.05, 3.63) is 12.2 Å². The molecule has 2 heteroatoms. The predicted octanol–water partition coefficient (Wildman–Crippen LogP) is 5.85. The van der Waals surface area contributed by atoms with Gasteiger partial charge in [-0.05, 0) is 30.6 Å². The zero-order valence-electron chi connectivity index (χ0n) is 17.4. The Bertz CT molecular complexity index is 440. The van der Waals surface area contributed by atoms with Gasteiger partial charge in [0.05, 0.1) is 0 Å². The third kappa shape index (κ3) is 3.83. The van der Waals surface area contributed by atoms with Crippen LogP contribution in [0.15, 0.2) is 12.2 Å². The minimum absolute atomic E-state index is 0.0110. The van der Waals surface area contributed by atoms with Gasteiger partial charge < -0.3 is 0 Å². The van der Waals surface area contributed by atoms with Crippen molar-refractivity contribution in [3.63, 3.8) is 0 Å². The minimum atomic E-state index is -0.460. The van der Waals surface area contributed by atoms with Crippen molar-refractivity contribution in [3.8, 4) is 0 Å². The fourth-order valence-corrected chi connectivity index (χ4v) is 5.44. The lowest BCUT2D eigenvalue weighted by Crippen LogP contribution is -2.51. The number of rotatable bonds is 6. The third-order valence-electron chi connectivity index (χ3n) is 6.05. The summed E-state index contributed by atoms with van der Waals surface area (Å²) < 4.78 is 0. The molecule has 0 spiro atoms. The lowest BCUT2D eigenvalue weighted by atomic mass is 9.49. The highest BCUT2D eigenvalue weighted by molar-refractivity contribution is 5.90. The number of hydrogen-bond donors (Lipinski definition) is 0. The zero-order chi connectivity index (χ0) is 19.1. The molecule has 0 heterocycles. The Morgan fingerprint density at radius 2 is 0.958 bits per heavy atom. The Kier molecular flexibility index (Phi) is 5.96.